The summed E-state index contributed by atoms with van der Waals surface area (Å²) in [5, 5.41) is 16.4. The maximum Gasteiger partial charge on any atom is 0.258 e. The van der Waals surface area contributed by atoms with Crippen molar-refractivity contribution in [2.75, 3.05) is 10.6 Å². The average molecular weight is 443 g/mol. The fourth-order valence-corrected chi connectivity index (χ4v) is 5.02. The molecule has 0 unspecified atom stereocenters. The first kappa shape index (κ1) is 23.7. The number of nitrogens with zero attached hydrogens (tertiary/aromatic N) is 2. The molecule has 0 spiro atoms. The highest BCUT2D eigenvalue weighted by Gasteiger charge is 2.23. The van der Waals surface area contributed by atoms with Gasteiger partial charge in [0.05, 0.1) is 0 Å². The molecule has 1 aromatic heterocycles. The van der Waals surface area contributed by atoms with Crippen LogP contribution in [0.1, 0.15) is 125 Å². The van der Waals surface area contributed by atoms with Gasteiger partial charge in [-0.25, -0.2) is 0 Å². The fourth-order valence-electron chi connectivity index (χ4n) is 4.31. The lowest BCUT2D eigenvalue weighted by Crippen LogP contribution is -2.19. The van der Waals surface area contributed by atoms with Crippen LogP contribution in [-0.2, 0) is 0 Å². The van der Waals surface area contributed by atoms with Crippen molar-refractivity contribution in [1.29, 1.82) is 0 Å². The second kappa shape index (κ2) is 10.6. The fraction of sp³-hybridized carbons (Fsp3) is 0.640. The van der Waals surface area contributed by atoms with Crippen molar-refractivity contribution >= 4 is 27.5 Å². The third-order valence-corrected chi connectivity index (χ3v) is 6.96. The third kappa shape index (κ3) is 6.06. The molecule has 0 bridgehead atoms. The molecular weight excluding hydrogens is 404 g/mol. The highest BCUT2D eigenvalue weighted by Crippen LogP contribution is 2.33. The lowest BCUT2D eigenvalue weighted by Gasteiger charge is -2.22. The van der Waals surface area contributed by atoms with Crippen LogP contribution in [0.25, 0.3) is 0 Å². The Hall–Kier alpha value is -1.95. The first-order valence-corrected chi connectivity index (χ1v) is 12.7. The standard InChI is InChI=1S/C25H38N4OS/c1-15(2)18-13-20(16(3)4)22(21(14-18)17(5)6)23(30)27-25-29-28-24(31-25)26-19-11-9-7-8-10-12-19/h13-17,19H,7-12H2,1-6H3,(H,26,28)(H,27,29,30). The van der Waals surface area contributed by atoms with Gasteiger partial charge in [-0.1, -0.05) is 90.7 Å². The Morgan fingerprint density at radius 1 is 0.871 bits per heavy atom. The summed E-state index contributed by atoms with van der Waals surface area (Å²) in [4.78, 5) is 13.4. The Morgan fingerprint density at radius 3 is 1.94 bits per heavy atom. The van der Waals surface area contributed by atoms with Crippen LogP contribution in [-0.4, -0.2) is 22.1 Å². The minimum atomic E-state index is -0.0835. The van der Waals surface area contributed by atoms with E-state index in [2.05, 4.69) is 74.5 Å². The molecule has 1 amide bonds. The summed E-state index contributed by atoms with van der Waals surface area (Å²) in [6, 6.07) is 4.87. The molecular formula is C25H38N4OS. The molecule has 0 aliphatic heterocycles. The van der Waals surface area contributed by atoms with Crippen LogP contribution in [0.15, 0.2) is 12.1 Å². The molecule has 0 saturated heterocycles. The molecule has 170 valence electrons. The zero-order chi connectivity index (χ0) is 22.5. The SMILES string of the molecule is CC(C)c1cc(C(C)C)c(C(=O)Nc2nnc(NC3CCCCCC3)s2)c(C(C)C)c1. The molecule has 1 aliphatic carbocycles. The lowest BCUT2D eigenvalue weighted by atomic mass is 9.84. The van der Waals surface area contributed by atoms with Crippen molar-refractivity contribution in [3.8, 4) is 0 Å². The van der Waals surface area contributed by atoms with Gasteiger partial charge in [-0.3, -0.25) is 10.1 Å². The largest absolute Gasteiger partial charge is 0.357 e. The highest BCUT2D eigenvalue weighted by molar-refractivity contribution is 7.19. The lowest BCUT2D eigenvalue weighted by molar-refractivity contribution is 0.102. The Bertz CT molecular complexity index is 850. The van der Waals surface area contributed by atoms with Crippen LogP contribution < -0.4 is 10.6 Å². The first-order chi connectivity index (χ1) is 14.8. The van der Waals surface area contributed by atoms with Crippen molar-refractivity contribution in [3.05, 3.63) is 34.4 Å². The smallest absolute Gasteiger partial charge is 0.258 e. The van der Waals surface area contributed by atoms with Gasteiger partial charge in [-0.15, -0.1) is 10.2 Å². The number of nitrogens with one attached hydrogen (secondary N) is 2. The molecule has 31 heavy (non-hydrogen) atoms. The Labute approximate surface area is 191 Å². The van der Waals surface area contributed by atoms with Gasteiger partial charge >= 0.3 is 0 Å². The zero-order valence-corrected chi connectivity index (χ0v) is 20.7. The van der Waals surface area contributed by atoms with E-state index >= 15 is 0 Å². The normalized spacial score (nSPS) is 15.5. The van der Waals surface area contributed by atoms with E-state index in [-0.39, 0.29) is 17.7 Å². The predicted octanol–water partition coefficient (Wildman–Crippen LogP) is 7.30. The number of carbonyl (C=O) groups excluding carboxylic acids is 1. The van der Waals surface area contributed by atoms with Crippen LogP contribution in [0.5, 0.6) is 0 Å². The molecule has 0 radical (unpaired) electrons. The van der Waals surface area contributed by atoms with Gasteiger partial charge in [0, 0.05) is 11.6 Å². The van der Waals surface area contributed by atoms with Crippen molar-refractivity contribution in [2.45, 2.75) is 104 Å². The number of aromatic nitrogens is 2. The highest BCUT2D eigenvalue weighted by atomic mass is 32.1. The van der Waals surface area contributed by atoms with Crippen LogP contribution in [0, 0.1) is 0 Å². The molecule has 1 heterocycles. The van der Waals surface area contributed by atoms with E-state index in [9.17, 15) is 4.79 Å². The zero-order valence-electron chi connectivity index (χ0n) is 19.9. The van der Waals surface area contributed by atoms with Crippen LogP contribution in [0.4, 0.5) is 10.3 Å². The Morgan fingerprint density at radius 2 is 1.42 bits per heavy atom. The van der Waals surface area contributed by atoms with Gasteiger partial charge in [0.25, 0.3) is 5.91 Å². The molecule has 2 aromatic rings. The second-order valence-electron chi connectivity index (χ2n) is 9.74. The summed E-state index contributed by atoms with van der Waals surface area (Å²) in [7, 11) is 0. The summed E-state index contributed by atoms with van der Waals surface area (Å²) in [5.41, 5.74) is 4.29. The predicted molar refractivity (Wildman–Crippen MR) is 132 cm³/mol. The summed E-state index contributed by atoms with van der Waals surface area (Å²) < 4.78 is 0. The molecule has 1 aromatic carbocycles. The Balaban J connectivity index is 1.82. The number of rotatable bonds is 7. The topological polar surface area (TPSA) is 66.9 Å². The molecule has 5 nitrogen and oxygen atoms in total. The van der Waals surface area contributed by atoms with Crippen LogP contribution >= 0.6 is 11.3 Å². The number of anilines is 2. The van der Waals surface area contributed by atoms with Crippen molar-refractivity contribution < 1.29 is 4.79 Å². The monoisotopic (exact) mass is 442 g/mol. The maximum absolute atomic E-state index is 13.4. The number of carbonyl (C=O) groups is 1. The van der Waals surface area contributed by atoms with Crippen molar-refractivity contribution in [3.63, 3.8) is 0 Å². The molecule has 6 heteroatoms. The van der Waals surface area contributed by atoms with Gasteiger partial charge in [0.1, 0.15) is 0 Å². The quantitative estimate of drug-likeness (QED) is 0.442. The van der Waals surface area contributed by atoms with E-state index < -0.39 is 0 Å². The molecule has 3 rings (SSSR count). The summed E-state index contributed by atoms with van der Waals surface area (Å²) in [6.45, 7) is 13.0. The van der Waals surface area contributed by atoms with Crippen LogP contribution in [0.2, 0.25) is 0 Å². The number of amides is 1. The van der Waals surface area contributed by atoms with Crippen molar-refractivity contribution in [2.24, 2.45) is 0 Å². The van der Waals surface area contributed by atoms with Gasteiger partial charge in [-0.05, 0) is 47.3 Å². The van der Waals surface area contributed by atoms with E-state index in [1.54, 1.807) is 0 Å². The average Bonchev–Trinajstić information content (AvgIpc) is 2.98. The van der Waals surface area contributed by atoms with E-state index in [1.807, 2.05) is 0 Å². The molecule has 2 N–H and O–H groups in total. The van der Waals surface area contributed by atoms with Crippen molar-refractivity contribution in [1.82, 2.24) is 10.2 Å². The van der Waals surface area contributed by atoms with Gasteiger partial charge < -0.3 is 5.32 Å². The van der Waals surface area contributed by atoms with Crippen LogP contribution in [0.3, 0.4) is 0 Å². The summed E-state index contributed by atoms with van der Waals surface area (Å²) in [6.07, 6.45) is 7.53. The molecule has 1 saturated carbocycles. The van der Waals surface area contributed by atoms with E-state index in [1.165, 1.54) is 55.4 Å². The molecule has 1 aliphatic rings. The summed E-state index contributed by atoms with van der Waals surface area (Å²) in [5.74, 6) is 0.866. The Kier molecular flexibility index (Phi) is 8.09. The summed E-state index contributed by atoms with van der Waals surface area (Å²) >= 11 is 1.43. The van der Waals surface area contributed by atoms with E-state index in [4.69, 9.17) is 0 Å². The van der Waals surface area contributed by atoms with E-state index in [0.29, 0.717) is 17.1 Å². The van der Waals surface area contributed by atoms with Gasteiger partial charge in [0.15, 0.2) is 0 Å². The van der Waals surface area contributed by atoms with Gasteiger partial charge in [0.2, 0.25) is 10.3 Å². The maximum atomic E-state index is 13.4. The first-order valence-electron chi connectivity index (χ1n) is 11.8. The second-order valence-corrected chi connectivity index (χ2v) is 10.7. The third-order valence-electron chi connectivity index (χ3n) is 6.19. The minimum absolute atomic E-state index is 0.0835. The van der Waals surface area contributed by atoms with E-state index in [0.717, 1.165) is 21.8 Å². The minimum Gasteiger partial charge on any atom is -0.357 e. The molecule has 1 fully saturated rings. The molecule has 0 atom stereocenters. The van der Waals surface area contributed by atoms with Gasteiger partial charge in [-0.2, -0.15) is 0 Å². The number of benzene rings is 1. The number of hydrogen-bond donors (Lipinski definition) is 2. The number of hydrogen-bond acceptors (Lipinski definition) is 5.